The summed E-state index contributed by atoms with van der Waals surface area (Å²) in [6, 6.07) is 7.18. The van der Waals surface area contributed by atoms with Crippen molar-refractivity contribution in [3.8, 4) is 0 Å². The number of fused-ring (bicyclic) bond motifs is 1. The molecule has 1 aliphatic heterocycles. The highest BCUT2D eigenvalue weighted by Crippen LogP contribution is 2.24. The van der Waals surface area contributed by atoms with Crippen molar-refractivity contribution in [1.82, 2.24) is 15.6 Å². The number of carbonyl (C=O) groups excluding carboxylic acids is 2. The average molecular weight is 471 g/mol. The van der Waals surface area contributed by atoms with E-state index in [-0.39, 0.29) is 30.8 Å². The summed E-state index contributed by atoms with van der Waals surface area (Å²) in [6.45, 7) is 1.22. The van der Waals surface area contributed by atoms with Gasteiger partial charge in [0.2, 0.25) is 0 Å². The van der Waals surface area contributed by atoms with E-state index in [9.17, 15) is 19.1 Å². The molecule has 180 valence electrons. The van der Waals surface area contributed by atoms with Crippen LogP contribution < -0.4 is 10.6 Å². The fourth-order valence-electron chi connectivity index (χ4n) is 3.84. The molecule has 1 fully saturated rings. The Morgan fingerprint density at radius 3 is 2.88 bits per heavy atom. The molecule has 34 heavy (non-hydrogen) atoms. The van der Waals surface area contributed by atoms with Gasteiger partial charge in [-0.15, -0.1) is 0 Å². The molecule has 0 spiro atoms. The van der Waals surface area contributed by atoms with Crippen molar-refractivity contribution in [2.45, 2.75) is 25.0 Å². The minimum Gasteiger partial charge on any atom is -0.462 e. The van der Waals surface area contributed by atoms with Crippen molar-refractivity contribution in [1.29, 1.82) is 0 Å². The van der Waals surface area contributed by atoms with Crippen LogP contribution in [0.3, 0.4) is 0 Å². The maximum Gasteiger partial charge on any atom is 0.270 e. The number of benzene rings is 1. The molecule has 2 amide bonds. The zero-order valence-corrected chi connectivity index (χ0v) is 18.7. The van der Waals surface area contributed by atoms with Gasteiger partial charge in [-0.3, -0.25) is 9.59 Å². The Morgan fingerprint density at radius 2 is 2.12 bits per heavy atom. The van der Waals surface area contributed by atoms with Crippen LogP contribution in [0.1, 0.15) is 38.4 Å². The molecule has 3 heterocycles. The molecule has 1 saturated heterocycles. The largest absolute Gasteiger partial charge is 0.462 e. The number of ether oxygens (including phenoxy) is 2. The van der Waals surface area contributed by atoms with Gasteiger partial charge in [-0.1, -0.05) is 6.07 Å². The lowest BCUT2D eigenvalue weighted by molar-refractivity contribution is -0.0261. The first-order valence-corrected chi connectivity index (χ1v) is 11.0. The Labute approximate surface area is 195 Å². The Kier molecular flexibility index (Phi) is 7.51. The number of aliphatic hydroxyl groups excluding tert-OH is 1. The van der Waals surface area contributed by atoms with E-state index < -0.39 is 29.8 Å². The van der Waals surface area contributed by atoms with E-state index >= 15 is 0 Å². The number of hydrogen-bond donors (Lipinski definition) is 3. The van der Waals surface area contributed by atoms with Gasteiger partial charge in [0.1, 0.15) is 17.0 Å². The summed E-state index contributed by atoms with van der Waals surface area (Å²) in [4.78, 5) is 29.4. The third kappa shape index (κ3) is 5.41. The molecular formula is C24H26FN3O6. The summed E-state index contributed by atoms with van der Waals surface area (Å²) in [5, 5.41) is 15.5. The highest BCUT2D eigenvalue weighted by atomic mass is 19.1. The minimum atomic E-state index is -0.789. The van der Waals surface area contributed by atoms with E-state index in [1.807, 2.05) is 0 Å². The molecule has 0 radical (unpaired) electrons. The number of carbonyl (C=O) groups is 2. The Hall–Kier alpha value is -3.34. The molecule has 2 aromatic heterocycles. The topological polar surface area (TPSA) is 123 Å². The van der Waals surface area contributed by atoms with Gasteiger partial charge >= 0.3 is 0 Å². The van der Waals surface area contributed by atoms with Crippen LogP contribution in [0.15, 0.2) is 41.0 Å². The molecule has 9 nitrogen and oxygen atoms in total. The third-order valence-corrected chi connectivity index (χ3v) is 5.63. The second-order valence-corrected chi connectivity index (χ2v) is 8.05. The molecule has 2 atom stereocenters. The van der Waals surface area contributed by atoms with Gasteiger partial charge in [0.15, 0.2) is 5.58 Å². The van der Waals surface area contributed by atoms with Crippen LogP contribution in [0, 0.1) is 5.82 Å². The normalized spacial score (nSPS) is 18.1. The summed E-state index contributed by atoms with van der Waals surface area (Å²) in [7, 11) is 1.51. The summed E-state index contributed by atoms with van der Waals surface area (Å²) < 4.78 is 30.3. The minimum absolute atomic E-state index is 0.0622. The fraction of sp³-hybridized carbons (Fsp3) is 0.375. The molecular weight excluding hydrogens is 445 g/mol. The molecule has 0 unspecified atom stereocenters. The number of amides is 2. The average Bonchev–Trinajstić information content (AvgIpc) is 3.30. The van der Waals surface area contributed by atoms with Crippen LogP contribution in [0.4, 0.5) is 4.39 Å². The van der Waals surface area contributed by atoms with Crippen LogP contribution in [-0.2, 0) is 15.9 Å². The smallest absolute Gasteiger partial charge is 0.270 e. The number of aliphatic hydroxyl groups is 1. The molecule has 0 bridgehead atoms. The number of hydrogen-bond acceptors (Lipinski definition) is 7. The van der Waals surface area contributed by atoms with Crippen molar-refractivity contribution in [2.24, 2.45) is 0 Å². The molecule has 0 saturated carbocycles. The van der Waals surface area contributed by atoms with E-state index in [1.165, 1.54) is 25.5 Å². The van der Waals surface area contributed by atoms with Gasteiger partial charge in [0, 0.05) is 38.3 Å². The molecule has 10 heteroatoms. The zero-order valence-electron chi connectivity index (χ0n) is 18.7. The number of halogens is 1. The van der Waals surface area contributed by atoms with Crippen LogP contribution in [0.5, 0.6) is 0 Å². The SMILES string of the molecule is COCCNC(=O)c1ccc(Cc2cc(C(=O)N[C@H]3CCOC[C@@H]3O)nc3ccoc23)cc1F. The van der Waals surface area contributed by atoms with Gasteiger partial charge in [-0.25, -0.2) is 9.37 Å². The zero-order chi connectivity index (χ0) is 24.1. The van der Waals surface area contributed by atoms with Crippen LogP contribution in [-0.4, -0.2) is 67.5 Å². The van der Waals surface area contributed by atoms with E-state index in [4.69, 9.17) is 13.9 Å². The lowest BCUT2D eigenvalue weighted by Crippen LogP contribution is -2.48. The van der Waals surface area contributed by atoms with Crippen LogP contribution in [0.2, 0.25) is 0 Å². The highest BCUT2D eigenvalue weighted by Gasteiger charge is 2.26. The quantitative estimate of drug-likeness (QED) is 0.428. The monoisotopic (exact) mass is 471 g/mol. The molecule has 3 N–H and O–H groups in total. The lowest BCUT2D eigenvalue weighted by atomic mass is 10.0. The van der Waals surface area contributed by atoms with Crippen LogP contribution in [0.25, 0.3) is 11.1 Å². The first kappa shape index (κ1) is 23.8. The number of methoxy groups -OCH3 is 1. The van der Waals surface area contributed by atoms with Gasteiger partial charge in [0.05, 0.1) is 37.2 Å². The fourth-order valence-corrected chi connectivity index (χ4v) is 3.84. The standard InChI is InChI=1S/C24H26FN3O6/c1-32-9-6-26-23(30)16-3-2-14(11-17(16)25)10-15-12-20(27-19-5-8-34-22(15)19)24(31)28-18-4-7-33-13-21(18)29/h2-3,5,8,11-12,18,21,29H,4,6-7,9-10,13H2,1H3,(H,26,30)(H,28,31)/t18-,21-/m0/s1. The Bertz CT molecular complexity index is 1180. The summed E-state index contributed by atoms with van der Waals surface area (Å²) >= 11 is 0. The summed E-state index contributed by atoms with van der Waals surface area (Å²) in [5.41, 5.74) is 2.32. The van der Waals surface area contributed by atoms with Gasteiger partial charge in [-0.05, 0) is 30.2 Å². The number of rotatable bonds is 8. The van der Waals surface area contributed by atoms with Crippen LogP contribution >= 0.6 is 0 Å². The maximum absolute atomic E-state index is 14.6. The highest BCUT2D eigenvalue weighted by molar-refractivity contribution is 5.95. The molecule has 1 aliphatic rings. The first-order chi connectivity index (χ1) is 16.5. The van der Waals surface area contributed by atoms with E-state index in [2.05, 4.69) is 15.6 Å². The van der Waals surface area contributed by atoms with E-state index in [0.717, 1.165) is 0 Å². The maximum atomic E-state index is 14.6. The third-order valence-electron chi connectivity index (χ3n) is 5.63. The van der Waals surface area contributed by atoms with Crippen molar-refractivity contribution >= 4 is 22.9 Å². The molecule has 1 aromatic carbocycles. The number of pyridine rings is 1. The first-order valence-electron chi connectivity index (χ1n) is 11.0. The van der Waals surface area contributed by atoms with Crippen molar-refractivity contribution in [2.75, 3.05) is 33.5 Å². The van der Waals surface area contributed by atoms with Crippen molar-refractivity contribution < 1.29 is 33.0 Å². The molecule has 0 aliphatic carbocycles. The Balaban J connectivity index is 1.54. The number of nitrogens with zero attached hydrogens (tertiary/aromatic N) is 1. The summed E-state index contributed by atoms with van der Waals surface area (Å²) in [5.74, 6) is -1.60. The Morgan fingerprint density at radius 1 is 1.26 bits per heavy atom. The van der Waals surface area contributed by atoms with E-state index in [0.29, 0.717) is 41.9 Å². The number of furan rings is 1. The second-order valence-electron chi connectivity index (χ2n) is 8.05. The van der Waals surface area contributed by atoms with Gasteiger partial charge < -0.3 is 29.6 Å². The van der Waals surface area contributed by atoms with Gasteiger partial charge in [0.25, 0.3) is 11.8 Å². The van der Waals surface area contributed by atoms with Crippen molar-refractivity contribution in [3.05, 3.63) is 64.8 Å². The number of aromatic nitrogens is 1. The van der Waals surface area contributed by atoms with E-state index in [1.54, 1.807) is 18.2 Å². The second kappa shape index (κ2) is 10.7. The van der Waals surface area contributed by atoms with Gasteiger partial charge in [-0.2, -0.15) is 0 Å². The number of nitrogens with one attached hydrogen (secondary N) is 2. The predicted octanol–water partition coefficient (Wildman–Crippen LogP) is 1.81. The summed E-state index contributed by atoms with van der Waals surface area (Å²) in [6.07, 6.45) is 1.44. The predicted molar refractivity (Wildman–Crippen MR) is 120 cm³/mol. The van der Waals surface area contributed by atoms with Crippen molar-refractivity contribution in [3.63, 3.8) is 0 Å². The lowest BCUT2D eigenvalue weighted by Gasteiger charge is -2.28. The molecule has 4 rings (SSSR count). The molecule has 3 aromatic rings.